The number of aryl methyl sites for hydroxylation is 2. The van der Waals surface area contributed by atoms with Gasteiger partial charge in [0.05, 0.1) is 5.69 Å². The summed E-state index contributed by atoms with van der Waals surface area (Å²) in [5.74, 6) is 2.11. The molecule has 0 saturated heterocycles. The summed E-state index contributed by atoms with van der Waals surface area (Å²) in [7, 11) is 0. The fourth-order valence-corrected chi connectivity index (χ4v) is 2.32. The number of rotatable bonds is 2. The minimum absolute atomic E-state index is 0.539. The van der Waals surface area contributed by atoms with Crippen LogP contribution in [0.2, 0.25) is 0 Å². The highest BCUT2D eigenvalue weighted by Gasteiger charge is 2.21. The highest BCUT2D eigenvalue weighted by Crippen LogP contribution is 2.29. The van der Waals surface area contributed by atoms with Crippen LogP contribution in [0.5, 0.6) is 0 Å². The first kappa shape index (κ1) is 9.56. The van der Waals surface area contributed by atoms with E-state index in [9.17, 15) is 0 Å². The van der Waals surface area contributed by atoms with Crippen molar-refractivity contribution in [1.29, 1.82) is 0 Å². The molecule has 2 rings (SSSR count). The van der Waals surface area contributed by atoms with Crippen molar-refractivity contribution in [3.63, 3.8) is 0 Å². The van der Waals surface area contributed by atoms with Gasteiger partial charge in [-0.15, -0.1) is 0 Å². The van der Waals surface area contributed by atoms with Crippen LogP contribution in [0.25, 0.3) is 0 Å². The van der Waals surface area contributed by atoms with Crippen molar-refractivity contribution in [1.82, 2.24) is 9.55 Å². The molecule has 1 aromatic heterocycles. The third-order valence-corrected chi connectivity index (χ3v) is 3.05. The topological polar surface area (TPSA) is 43.8 Å². The summed E-state index contributed by atoms with van der Waals surface area (Å²) in [6.45, 7) is 4.40. The minimum Gasteiger partial charge on any atom is -0.384 e. The summed E-state index contributed by atoms with van der Waals surface area (Å²) in [5, 5.41) is 0. The summed E-state index contributed by atoms with van der Waals surface area (Å²) < 4.78 is 2.23. The van der Waals surface area contributed by atoms with E-state index in [1.165, 1.54) is 18.7 Å². The first-order valence-electron chi connectivity index (χ1n) is 5.59. The number of imidazole rings is 1. The molecular formula is C11H19N3. The molecule has 3 nitrogen and oxygen atoms in total. The SMILES string of the molecule is CCCc1nc2n(c1N)C(C)CCC2. The molecule has 0 fully saturated rings. The van der Waals surface area contributed by atoms with Gasteiger partial charge in [-0.25, -0.2) is 4.98 Å². The Hall–Kier alpha value is -0.990. The lowest BCUT2D eigenvalue weighted by molar-refractivity contribution is 0.430. The van der Waals surface area contributed by atoms with Crippen molar-refractivity contribution >= 4 is 5.82 Å². The van der Waals surface area contributed by atoms with Crippen molar-refractivity contribution in [2.75, 3.05) is 5.73 Å². The van der Waals surface area contributed by atoms with Gasteiger partial charge in [0.15, 0.2) is 0 Å². The lowest BCUT2D eigenvalue weighted by Gasteiger charge is -2.22. The molecule has 0 saturated carbocycles. The van der Waals surface area contributed by atoms with E-state index in [1.807, 2.05) is 0 Å². The summed E-state index contributed by atoms with van der Waals surface area (Å²) in [6.07, 6.45) is 5.72. The highest BCUT2D eigenvalue weighted by molar-refractivity contribution is 5.39. The summed E-state index contributed by atoms with van der Waals surface area (Å²) >= 11 is 0. The zero-order valence-corrected chi connectivity index (χ0v) is 9.08. The molecule has 0 bridgehead atoms. The number of aromatic nitrogens is 2. The molecule has 1 atom stereocenters. The Bertz CT molecular complexity index is 328. The standard InChI is InChI=1S/C11H19N3/c1-3-5-9-11(12)14-8(2)6-4-7-10(14)13-9/h8H,3-7,12H2,1-2H3. The number of nitrogens with zero attached hydrogens (tertiary/aromatic N) is 2. The Labute approximate surface area is 85.3 Å². The highest BCUT2D eigenvalue weighted by atomic mass is 15.2. The van der Waals surface area contributed by atoms with Crippen LogP contribution < -0.4 is 5.73 Å². The summed E-state index contributed by atoms with van der Waals surface area (Å²) in [5.41, 5.74) is 7.21. The Kier molecular flexibility index (Phi) is 2.48. The molecule has 3 heteroatoms. The Morgan fingerprint density at radius 2 is 2.36 bits per heavy atom. The first-order chi connectivity index (χ1) is 6.74. The third kappa shape index (κ3) is 1.41. The van der Waals surface area contributed by atoms with Crippen LogP contribution in [0.3, 0.4) is 0 Å². The fourth-order valence-electron chi connectivity index (χ4n) is 2.32. The molecule has 1 aliphatic heterocycles. The van der Waals surface area contributed by atoms with Gasteiger partial charge in [-0.3, -0.25) is 0 Å². The van der Waals surface area contributed by atoms with Crippen LogP contribution in [-0.4, -0.2) is 9.55 Å². The fraction of sp³-hybridized carbons (Fsp3) is 0.727. The third-order valence-electron chi connectivity index (χ3n) is 3.05. The lowest BCUT2D eigenvalue weighted by Crippen LogP contribution is -2.17. The number of anilines is 1. The van der Waals surface area contributed by atoms with Crippen LogP contribution in [0.15, 0.2) is 0 Å². The molecule has 78 valence electrons. The van der Waals surface area contributed by atoms with Crippen molar-refractivity contribution < 1.29 is 0 Å². The second kappa shape index (κ2) is 3.64. The average Bonchev–Trinajstić information content (AvgIpc) is 2.46. The normalized spacial score (nSPS) is 20.9. The van der Waals surface area contributed by atoms with E-state index in [0.717, 1.165) is 30.8 Å². The minimum atomic E-state index is 0.539. The molecule has 0 amide bonds. The number of nitrogens with two attached hydrogens (primary N) is 1. The predicted molar refractivity (Wildman–Crippen MR) is 58.3 cm³/mol. The van der Waals surface area contributed by atoms with Gasteiger partial charge in [0.1, 0.15) is 11.6 Å². The molecule has 14 heavy (non-hydrogen) atoms. The largest absolute Gasteiger partial charge is 0.384 e. The van der Waals surface area contributed by atoms with Crippen molar-refractivity contribution in [2.24, 2.45) is 0 Å². The van der Waals surface area contributed by atoms with Gasteiger partial charge in [-0.05, 0) is 26.2 Å². The van der Waals surface area contributed by atoms with Gasteiger partial charge < -0.3 is 10.3 Å². The van der Waals surface area contributed by atoms with Gasteiger partial charge in [0.2, 0.25) is 0 Å². The maximum absolute atomic E-state index is 6.10. The van der Waals surface area contributed by atoms with Crippen molar-refractivity contribution in [2.45, 2.75) is 52.0 Å². The van der Waals surface area contributed by atoms with Gasteiger partial charge in [0, 0.05) is 12.5 Å². The number of nitrogen functional groups attached to an aromatic ring is 1. The van der Waals surface area contributed by atoms with Gasteiger partial charge in [0.25, 0.3) is 0 Å². The van der Waals surface area contributed by atoms with Crippen LogP contribution in [0.4, 0.5) is 5.82 Å². The molecule has 0 aliphatic carbocycles. The maximum Gasteiger partial charge on any atom is 0.127 e. The summed E-state index contributed by atoms with van der Waals surface area (Å²) in [6, 6.07) is 0.539. The quantitative estimate of drug-likeness (QED) is 0.783. The van der Waals surface area contributed by atoms with Gasteiger partial charge in [-0.2, -0.15) is 0 Å². The predicted octanol–water partition coefficient (Wildman–Crippen LogP) is 2.32. The molecule has 0 aromatic carbocycles. The van der Waals surface area contributed by atoms with E-state index in [4.69, 9.17) is 5.73 Å². The van der Waals surface area contributed by atoms with Gasteiger partial charge in [-0.1, -0.05) is 13.3 Å². The molecule has 0 spiro atoms. The molecule has 1 aromatic rings. The van der Waals surface area contributed by atoms with Crippen molar-refractivity contribution in [3.05, 3.63) is 11.5 Å². The van der Waals surface area contributed by atoms with E-state index in [1.54, 1.807) is 0 Å². The van der Waals surface area contributed by atoms with E-state index < -0.39 is 0 Å². The van der Waals surface area contributed by atoms with Crippen LogP contribution in [-0.2, 0) is 12.8 Å². The van der Waals surface area contributed by atoms with Crippen molar-refractivity contribution in [3.8, 4) is 0 Å². The number of hydrogen-bond donors (Lipinski definition) is 1. The Morgan fingerprint density at radius 3 is 3.00 bits per heavy atom. The van der Waals surface area contributed by atoms with Crippen LogP contribution in [0.1, 0.15) is 50.7 Å². The van der Waals surface area contributed by atoms with Crippen LogP contribution >= 0.6 is 0 Å². The Balaban J connectivity index is 2.39. The summed E-state index contributed by atoms with van der Waals surface area (Å²) in [4.78, 5) is 4.63. The molecule has 1 aliphatic rings. The van der Waals surface area contributed by atoms with Gasteiger partial charge >= 0.3 is 0 Å². The molecule has 2 heterocycles. The van der Waals surface area contributed by atoms with Crippen LogP contribution in [0, 0.1) is 0 Å². The van der Waals surface area contributed by atoms with E-state index in [0.29, 0.717) is 6.04 Å². The smallest absolute Gasteiger partial charge is 0.127 e. The van der Waals surface area contributed by atoms with E-state index in [2.05, 4.69) is 23.4 Å². The lowest BCUT2D eigenvalue weighted by atomic mass is 10.1. The number of hydrogen-bond acceptors (Lipinski definition) is 2. The average molecular weight is 193 g/mol. The zero-order valence-electron chi connectivity index (χ0n) is 9.08. The molecule has 2 N–H and O–H groups in total. The first-order valence-corrected chi connectivity index (χ1v) is 5.59. The monoisotopic (exact) mass is 193 g/mol. The number of fused-ring (bicyclic) bond motifs is 1. The maximum atomic E-state index is 6.10. The molecule has 1 unspecified atom stereocenters. The zero-order chi connectivity index (χ0) is 10.1. The second-order valence-corrected chi connectivity index (χ2v) is 4.22. The Morgan fingerprint density at radius 1 is 1.57 bits per heavy atom. The van der Waals surface area contributed by atoms with E-state index >= 15 is 0 Å². The second-order valence-electron chi connectivity index (χ2n) is 4.22. The van der Waals surface area contributed by atoms with E-state index in [-0.39, 0.29) is 0 Å². The molecule has 0 radical (unpaired) electrons. The molecular weight excluding hydrogens is 174 g/mol.